The molecule has 1 saturated heterocycles. The average Bonchev–Trinajstić information content (AvgIpc) is 2.87. The van der Waals surface area contributed by atoms with Gasteiger partial charge in [-0.15, -0.1) is 0 Å². The fraction of sp³-hybridized carbons (Fsp3) is 0.600. The second kappa shape index (κ2) is 6.15. The van der Waals surface area contributed by atoms with Crippen molar-refractivity contribution in [3.63, 3.8) is 0 Å². The number of likely N-dealkylation sites (tertiary alicyclic amines) is 1. The molecule has 2 rings (SSSR count). The summed E-state index contributed by atoms with van der Waals surface area (Å²) in [5, 5.41) is 0. The Hall–Kier alpha value is -1.42. The summed E-state index contributed by atoms with van der Waals surface area (Å²) in [6.07, 6.45) is 6.38. The predicted molar refractivity (Wildman–Crippen MR) is 75.4 cm³/mol. The van der Waals surface area contributed by atoms with Crippen molar-refractivity contribution < 1.29 is 4.79 Å². The summed E-state index contributed by atoms with van der Waals surface area (Å²) in [5.74, 6) is 0.536. The molecule has 1 fully saturated rings. The second-order valence-corrected chi connectivity index (χ2v) is 5.71. The van der Waals surface area contributed by atoms with Gasteiger partial charge in [-0.2, -0.15) is 0 Å². The van der Waals surface area contributed by atoms with E-state index in [4.69, 9.17) is 5.73 Å². The van der Waals surface area contributed by atoms with Gasteiger partial charge in [-0.1, -0.05) is 13.8 Å². The average molecular weight is 261 g/mol. The van der Waals surface area contributed by atoms with Gasteiger partial charge in [0.15, 0.2) is 0 Å². The number of rotatable bonds is 4. The van der Waals surface area contributed by atoms with Crippen LogP contribution in [0.25, 0.3) is 0 Å². The van der Waals surface area contributed by atoms with Crippen molar-refractivity contribution in [2.24, 2.45) is 11.7 Å². The second-order valence-electron chi connectivity index (χ2n) is 5.71. The molecule has 1 aromatic rings. The predicted octanol–water partition coefficient (Wildman–Crippen LogP) is 2.12. The first-order valence-corrected chi connectivity index (χ1v) is 7.05. The van der Waals surface area contributed by atoms with Crippen LogP contribution in [-0.4, -0.2) is 28.4 Å². The molecular formula is C15H23N3O. The van der Waals surface area contributed by atoms with Gasteiger partial charge in [0.05, 0.1) is 12.1 Å². The molecular weight excluding hydrogens is 238 g/mol. The van der Waals surface area contributed by atoms with Crippen molar-refractivity contribution in [1.29, 1.82) is 0 Å². The third-order valence-corrected chi connectivity index (χ3v) is 3.67. The molecule has 0 radical (unpaired) electrons. The zero-order valence-electron chi connectivity index (χ0n) is 11.7. The van der Waals surface area contributed by atoms with Crippen LogP contribution in [0.3, 0.4) is 0 Å². The molecule has 4 heteroatoms. The highest BCUT2D eigenvalue weighted by molar-refractivity contribution is 5.82. The molecule has 0 aliphatic carbocycles. The summed E-state index contributed by atoms with van der Waals surface area (Å²) < 4.78 is 0. The van der Waals surface area contributed by atoms with E-state index in [1.807, 2.05) is 17.0 Å². The first-order valence-electron chi connectivity index (χ1n) is 7.05. The van der Waals surface area contributed by atoms with Gasteiger partial charge in [0.25, 0.3) is 0 Å². The Bertz CT molecular complexity index is 419. The van der Waals surface area contributed by atoms with E-state index >= 15 is 0 Å². The summed E-state index contributed by atoms with van der Waals surface area (Å²) in [5.41, 5.74) is 7.20. The van der Waals surface area contributed by atoms with Crippen LogP contribution in [0.1, 0.15) is 44.7 Å². The van der Waals surface area contributed by atoms with Gasteiger partial charge in [-0.3, -0.25) is 9.78 Å². The van der Waals surface area contributed by atoms with Crippen LogP contribution in [0.2, 0.25) is 0 Å². The van der Waals surface area contributed by atoms with Gasteiger partial charge in [-0.25, -0.2) is 0 Å². The number of nitrogens with two attached hydrogens (primary N) is 1. The highest BCUT2D eigenvalue weighted by atomic mass is 16.2. The molecule has 1 aromatic heterocycles. The van der Waals surface area contributed by atoms with E-state index in [-0.39, 0.29) is 18.0 Å². The molecule has 104 valence electrons. The highest BCUT2D eigenvalue weighted by Gasteiger charge is 2.32. The molecule has 19 heavy (non-hydrogen) atoms. The molecule has 2 atom stereocenters. The molecule has 1 amide bonds. The monoisotopic (exact) mass is 261 g/mol. The van der Waals surface area contributed by atoms with E-state index < -0.39 is 0 Å². The van der Waals surface area contributed by atoms with E-state index in [0.717, 1.165) is 31.4 Å². The van der Waals surface area contributed by atoms with E-state index in [1.165, 1.54) is 0 Å². The minimum atomic E-state index is -0.373. The van der Waals surface area contributed by atoms with Crippen LogP contribution in [0, 0.1) is 5.92 Å². The molecule has 2 heterocycles. The lowest BCUT2D eigenvalue weighted by molar-refractivity contribution is -0.133. The number of carbonyl (C=O) groups excluding carboxylic acids is 1. The fourth-order valence-corrected chi connectivity index (χ4v) is 2.78. The van der Waals surface area contributed by atoms with Crippen LogP contribution in [0.5, 0.6) is 0 Å². The lowest BCUT2D eigenvalue weighted by Crippen LogP contribution is -2.44. The van der Waals surface area contributed by atoms with Crippen molar-refractivity contribution in [3.05, 3.63) is 30.1 Å². The summed E-state index contributed by atoms with van der Waals surface area (Å²) in [4.78, 5) is 18.4. The van der Waals surface area contributed by atoms with Crippen LogP contribution < -0.4 is 5.73 Å². The van der Waals surface area contributed by atoms with E-state index in [1.54, 1.807) is 12.4 Å². The Morgan fingerprint density at radius 2 is 2.16 bits per heavy atom. The van der Waals surface area contributed by atoms with Gasteiger partial charge in [-0.05, 0) is 42.9 Å². The number of carbonyl (C=O) groups is 1. The number of amides is 1. The van der Waals surface area contributed by atoms with Crippen molar-refractivity contribution in [2.75, 3.05) is 6.54 Å². The number of nitrogens with zero attached hydrogens (tertiary/aromatic N) is 2. The maximum Gasteiger partial charge on any atom is 0.240 e. The molecule has 4 nitrogen and oxygen atoms in total. The summed E-state index contributed by atoms with van der Waals surface area (Å²) in [6.45, 7) is 5.01. The van der Waals surface area contributed by atoms with Gasteiger partial charge in [0, 0.05) is 18.9 Å². The smallest absolute Gasteiger partial charge is 0.240 e. The lowest BCUT2D eigenvalue weighted by atomic mass is 10.0. The number of aromatic nitrogens is 1. The normalized spacial score (nSPS) is 20.8. The maximum absolute atomic E-state index is 12.4. The maximum atomic E-state index is 12.4. The van der Waals surface area contributed by atoms with Crippen LogP contribution in [0.15, 0.2) is 24.5 Å². The van der Waals surface area contributed by atoms with E-state index in [2.05, 4.69) is 18.8 Å². The minimum absolute atomic E-state index is 0.0908. The largest absolute Gasteiger partial charge is 0.334 e. The highest BCUT2D eigenvalue weighted by Crippen LogP contribution is 2.32. The van der Waals surface area contributed by atoms with E-state index in [9.17, 15) is 4.79 Å². The van der Waals surface area contributed by atoms with Crippen LogP contribution in [-0.2, 0) is 4.79 Å². The quantitative estimate of drug-likeness (QED) is 0.903. The molecule has 1 aliphatic rings. The summed E-state index contributed by atoms with van der Waals surface area (Å²) >= 11 is 0. The third-order valence-electron chi connectivity index (χ3n) is 3.67. The molecule has 1 unspecified atom stereocenters. The van der Waals surface area contributed by atoms with Crippen molar-refractivity contribution in [3.8, 4) is 0 Å². The number of hydrogen-bond donors (Lipinski definition) is 1. The van der Waals surface area contributed by atoms with Crippen molar-refractivity contribution in [2.45, 2.75) is 45.2 Å². The van der Waals surface area contributed by atoms with Gasteiger partial charge in [0.2, 0.25) is 5.91 Å². The molecule has 0 aromatic carbocycles. The van der Waals surface area contributed by atoms with Crippen molar-refractivity contribution >= 4 is 5.91 Å². The van der Waals surface area contributed by atoms with Gasteiger partial charge < -0.3 is 10.6 Å². The summed E-state index contributed by atoms with van der Waals surface area (Å²) in [6, 6.07) is 3.78. The van der Waals surface area contributed by atoms with Gasteiger partial charge in [0.1, 0.15) is 0 Å². The lowest BCUT2D eigenvalue weighted by Gasteiger charge is -2.28. The zero-order valence-corrected chi connectivity index (χ0v) is 11.7. The molecule has 0 spiro atoms. The molecule has 0 bridgehead atoms. The standard InChI is InChI=1S/C15H23N3O/c1-11(2)10-13(16)15(19)18-9-3-4-14(18)12-5-7-17-8-6-12/h5-8,11,13-14H,3-4,9-10,16H2,1-2H3/t13-,14?/m0/s1. The van der Waals surface area contributed by atoms with Crippen molar-refractivity contribution in [1.82, 2.24) is 9.88 Å². The SMILES string of the molecule is CC(C)C[C@H](N)C(=O)N1CCCC1c1ccncc1. The minimum Gasteiger partial charge on any atom is -0.334 e. The number of hydrogen-bond acceptors (Lipinski definition) is 3. The van der Waals surface area contributed by atoms with Crippen LogP contribution in [0.4, 0.5) is 0 Å². The molecule has 1 aliphatic heterocycles. The molecule has 0 saturated carbocycles. The Morgan fingerprint density at radius 3 is 2.79 bits per heavy atom. The first-order chi connectivity index (χ1) is 9.09. The van der Waals surface area contributed by atoms with E-state index in [0.29, 0.717) is 5.92 Å². The van der Waals surface area contributed by atoms with Gasteiger partial charge >= 0.3 is 0 Å². The first kappa shape index (κ1) is 14.0. The Labute approximate surface area is 115 Å². The Morgan fingerprint density at radius 1 is 1.47 bits per heavy atom. The number of pyridine rings is 1. The fourth-order valence-electron chi connectivity index (χ4n) is 2.78. The Kier molecular flexibility index (Phi) is 4.53. The third kappa shape index (κ3) is 3.32. The molecule has 2 N–H and O–H groups in total. The van der Waals surface area contributed by atoms with Crippen LogP contribution >= 0.6 is 0 Å². The topological polar surface area (TPSA) is 59.2 Å². The Balaban J connectivity index is 2.08. The summed E-state index contributed by atoms with van der Waals surface area (Å²) in [7, 11) is 0. The zero-order chi connectivity index (χ0) is 13.8.